The second-order valence-electron chi connectivity index (χ2n) is 8.22. The Kier molecular flexibility index (Phi) is 6.80. The third-order valence-electron chi connectivity index (χ3n) is 5.86. The standard InChI is InChI=1S/C24H28N4O4S/c1-18-6-3-4-12-28(18)33(30,31)23-15-20(9-10-22(23)32-2)24(29)26-21-8-5-7-19(14-21)16-27-13-11-25-17-27/h5,7-11,13-15,17-18H,3-4,6,12,16H2,1-2H3,(H,26,29). The highest BCUT2D eigenvalue weighted by Crippen LogP contribution is 2.32. The fourth-order valence-corrected chi connectivity index (χ4v) is 6.00. The fourth-order valence-electron chi connectivity index (χ4n) is 4.12. The summed E-state index contributed by atoms with van der Waals surface area (Å²) in [6, 6.07) is 11.9. The quantitative estimate of drug-likeness (QED) is 0.570. The Morgan fingerprint density at radius 3 is 2.79 bits per heavy atom. The zero-order chi connectivity index (χ0) is 23.4. The number of carbonyl (C=O) groups excluding carboxylic acids is 1. The molecule has 1 N–H and O–H groups in total. The van der Waals surface area contributed by atoms with Gasteiger partial charge in [0.05, 0.1) is 13.4 Å². The molecule has 1 fully saturated rings. The lowest BCUT2D eigenvalue weighted by Gasteiger charge is -2.32. The number of nitrogens with zero attached hydrogens (tertiary/aromatic N) is 3. The maximum absolute atomic E-state index is 13.4. The van der Waals surface area contributed by atoms with Crippen molar-refractivity contribution in [1.82, 2.24) is 13.9 Å². The zero-order valence-corrected chi connectivity index (χ0v) is 19.6. The molecule has 1 amide bonds. The summed E-state index contributed by atoms with van der Waals surface area (Å²) in [4.78, 5) is 17.0. The van der Waals surface area contributed by atoms with Crippen LogP contribution >= 0.6 is 0 Å². The van der Waals surface area contributed by atoms with Crippen LogP contribution in [0.2, 0.25) is 0 Å². The first kappa shape index (κ1) is 23.0. The molecule has 1 aliphatic rings. The van der Waals surface area contributed by atoms with E-state index in [0.717, 1.165) is 24.8 Å². The number of hydrogen-bond donors (Lipinski definition) is 1. The van der Waals surface area contributed by atoms with Crippen LogP contribution < -0.4 is 10.1 Å². The molecule has 2 aromatic carbocycles. The van der Waals surface area contributed by atoms with Crippen molar-refractivity contribution >= 4 is 21.6 Å². The third kappa shape index (κ3) is 5.09. The lowest BCUT2D eigenvalue weighted by Crippen LogP contribution is -2.42. The zero-order valence-electron chi connectivity index (χ0n) is 18.8. The molecule has 33 heavy (non-hydrogen) atoms. The van der Waals surface area contributed by atoms with Crippen molar-refractivity contribution in [1.29, 1.82) is 0 Å². The van der Waals surface area contributed by atoms with Gasteiger partial charge in [-0.1, -0.05) is 18.6 Å². The molecule has 2 heterocycles. The van der Waals surface area contributed by atoms with Crippen molar-refractivity contribution in [3.05, 3.63) is 72.3 Å². The van der Waals surface area contributed by atoms with E-state index < -0.39 is 10.0 Å². The van der Waals surface area contributed by atoms with Gasteiger partial charge >= 0.3 is 0 Å². The molecule has 0 saturated carbocycles. The first-order valence-electron chi connectivity index (χ1n) is 10.9. The molecule has 9 heteroatoms. The maximum atomic E-state index is 13.4. The number of hydrogen-bond acceptors (Lipinski definition) is 5. The van der Waals surface area contributed by atoms with Crippen LogP contribution in [0, 0.1) is 0 Å². The summed E-state index contributed by atoms with van der Waals surface area (Å²) in [6.07, 6.45) is 7.96. The Hall–Kier alpha value is -3.17. The van der Waals surface area contributed by atoms with E-state index in [4.69, 9.17) is 4.74 Å². The largest absolute Gasteiger partial charge is 0.495 e. The molecule has 1 aliphatic heterocycles. The number of carbonyl (C=O) groups is 1. The Morgan fingerprint density at radius 2 is 2.06 bits per heavy atom. The van der Waals surface area contributed by atoms with Gasteiger partial charge in [0.15, 0.2) is 0 Å². The van der Waals surface area contributed by atoms with Crippen LogP contribution in [-0.2, 0) is 16.6 Å². The van der Waals surface area contributed by atoms with E-state index in [0.29, 0.717) is 18.8 Å². The Balaban J connectivity index is 1.58. The van der Waals surface area contributed by atoms with Crippen LogP contribution in [0.15, 0.2) is 66.1 Å². The minimum atomic E-state index is -3.80. The van der Waals surface area contributed by atoms with Gasteiger partial charge in [0.1, 0.15) is 10.6 Å². The van der Waals surface area contributed by atoms with Gasteiger partial charge in [0, 0.05) is 42.8 Å². The Labute approximate surface area is 194 Å². The molecule has 1 unspecified atom stereocenters. The van der Waals surface area contributed by atoms with E-state index in [9.17, 15) is 13.2 Å². The van der Waals surface area contributed by atoms with Crippen LogP contribution in [0.5, 0.6) is 5.75 Å². The minimum Gasteiger partial charge on any atom is -0.495 e. The fraction of sp³-hybridized carbons (Fsp3) is 0.333. The van der Waals surface area contributed by atoms with Crippen molar-refractivity contribution in [2.45, 2.75) is 43.7 Å². The number of sulfonamides is 1. The molecular formula is C24H28N4O4S. The first-order chi connectivity index (χ1) is 15.9. The highest BCUT2D eigenvalue weighted by Gasteiger charge is 2.33. The summed E-state index contributed by atoms with van der Waals surface area (Å²) < 4.78 is 35.6. The van der Waals surface area contributed by atoms with Crippen molar-refractivity contribution in [2.24, 2.45) is 0 Å². The van der Waals surface area contributed by atoms with E-state index in [2.05, 4.69) is 10.3 Å². The molecule has 1 atom stereocenters. The van der Waals surface area contributed by atoms with Crippen molar-refractivity contribution in [3.8, 4) is 5.75 Å². The summed E-state index contributed by atoms with van der Waals surface area (Å²) >= 11 is 0. The number of aromatic nitrogens is 2. The summed E-state index contributed by atoms with van der Waals surface area (Å²) in [5.41, 5.74) is 1.88. The first-order valence-corrected chi connectivity index (χ1v) is 12.4. The van der Waals surface area contributed by atoms with Gasteiger partial charge in [-0.05, 0) is 55.7 Å². The average Bonchev–Trinajstić information content (AvgIpc) is 3.32. The molecule has 174 valence electrons. The normalized spacial score (nSPS) is 17.0. The molecule has 8 nitrogen and oxygen atoms in total. The molecule has 0 radical (unpaired) electrons. The third-order valence-corrected chi connectivity index (χ3v) is 7.90. The predicted octanol–water partition coefficient (Wildman–Crippen LogP) is 3.76. The van der Waals surface area contributed by atoms with E-state index in [1.165, 1.54) is 23.5 Å². The lowest BCUT2D eigenvalue weighted by atomic mass is 10.1. The van der Waals surface area contributed by atoms with Crippen molar-refractivity contribution in [3.63, 3.8) is 0 Å². The van der Waals surface area contributed by atoms with E-state index in [-0.39, 0.29) is 28.2 Å². The van der Waals surface area contributed by atoms with Gasteiger partial charge in [0.2, 0.25) is 10.0 Å². The van der Waals surface area contributed by atoms with Gasteiger partial charge in [-0.15, -0.1) is 0 Å². The monoisotopic (exact) mass is 468 g/mol. The number of amides is 1. The van der Waals surface area contributed by atoms with E-state index in [1.807, 2.05) is 35.9 Å². The van der Waals surface area contributed by atoms with Crippen molar-refractivity contribution in [2.75, 3.05) is 19.0 Å². The predicted molar refractivity (Wildman–Crippen MR) is 126 cm³/mol. The second-order valence-corrected chi connectivity index (χ2v) is 10.1. The van der Waals surface area contributed by atoms with Gasteiger partial charge in [-0.3, -0.25) is 4.79 Å². The second kappa shape index (κ2) is 9.76. The summed E-state index contributed by atoms with van der Waals surface area (Å²) in [6.45, 7) is 3.01. The van der Waals surface area contributed by atoms with Crippen LogP contribution in [0.1, 0.15) is 42.1 Å². The van der Waals surface area contributed by atoms with Gasteiger partial charge in [0.25, 0.3) is 5.91 Å². The van der Waals surface area contributed by atoms with Crippen LogP contribution in [-0.4, -0.2) is 47.9 Å². The van der Waals surface area contributed by atoms with E-state index >= 15 is 0 Å². The lowest BCUT2D eigenvalue weighted by molar-refractivity contribution is 0.102. The molecule has 1 aromatic heterocycles. The van der Waals surface area contributed by atoms with E-state index in [1.54, 1.807) is 24.7 Å². The summed E-state index contributed by atoms with van der Waals surface area (Å²) in [5.74, 6) is -0.160. The molecule has 4 rings (SSSR count). The minimum absolute atomic E-state index is 0.0141. The number of methoxy groups -OCH3 is 1. The summed E-state index contributed by atoms with van der Waals surface area (Å²) in [5, 5.41) is 2.87. The number of benzene rings is 2. The number of piperidine rings is 1. The maximum Gasteiger partial charge on any atom is 0.255 e. The van der Waals surface area contributed by atoms with Crippen LogP contribution in [0.3, 0.4) is 0 Å². The molecule has 0 aliphatic carbocycles. The van der Waals surface area contributed by atoms with Crippen LogP contribution in [0.4, 0.5) is 5.69 Å². The van der Waals surface area contributed by atoms with Crippen LogP contribution in [0.25, 0.3) is 0 Å². The van der Waals surface area contributed by atoms with Gasteiger partial charge in [-0.25, -0.2) is 13.4 Å². The van der Waals surface area contributed by atoms with Crippen molar-refractivity contribution < 1.29 is 17.9 Å². The molecular weight excluding hydrogens is 440 g/mol. The summed E-state index contributed by atoms with van der Waals surface area (Å²) in [7, 11) is -2.37. The number of imidazole rings is 1. The molecule has 3 aromatic rings. The van der Waals surface area contributed by atoms with Gasteiger partial charge < -0.3 is 14.6 Å². The SMILES string of the molecule is COc1ccc(C(=O)Nc2cccc(Cn3ccnc3)c2)cc1S(=O)(=O)N1CCCCC1C. The number of ether oxygens (including phenoxy) is 1. The topological polar surface area (TPSA) is 93.5 Å². The number of rotatable bonds is 7. The number of nitrogens with one attached hydrogen (secondary N) is 1. The smallest absolute Gasteiger partial charge is 0.255 e. The average molecular weight is 469 g/mol. The molecule has 0 spiro atoms. The molecule has 0 bridgehead atoms. The number of anilines is 1. The Bertz CT molecular complexity index is 1230. The Morgan fingerprint density at radius 1 is 1.21 bits per heavy atom. The van der Waals surface area contributed by atoms with Gasteiger partial charge in [-0.2, -0.15) is 4.31 Å². The highest BCUT2D eigenvalue weighted by atomic mass is 32.2. The highest BCUT2D eigenvalue weighted by molar-refractivity contribution is 7.89. The molecule has 1 saturated heterocycles.